The molecule has 1 aliphatic heterocycles. The third kappa shape index (κ3) is 3.22. The molecule has 0 saturated carbocycles. The molecule has 6 heteroatoms. The van der Waals surface area contributed by atoms with Gasteiger partial charge in [-0.25, -0.2) is 9.97 Å². The summed E-state index contributed by atoms with van der Waals surface area (Å²) in [6.07, 6.45) is 0.880. The van der Waals surface area contributed by atoms with Crippen LogP contribution in [0.2, 0.25) is 5.15 Å². The molecule has 1 fully saturated rings. The number of rotatable bonds is 5. The molecule has 0 radical (unpaired) electrons. The lowest BCUT2D eigenvalue weighted by Crippen LogP contribution is -2.40. The van der Waals surface area contributed by atoms with Crippen LogP contribution in [0.25, 0.3) is 0 Å². The van der Waals surface area contributed by atoms with Crippen LogP contribution >= 0.6 is 11.6 Å². The number of aromatic nitrogens is 2. The normalized spacial score (nSPS) is 22.5. The molecule has 2 rings (SSSR count). The molecule has 0 spiro atoms. The predicted octanol–water partition coefficient (Wildman–Crippen LogP) is 2.78. The highest BCUT2D eigenvalue weighted by atomic mass is 35.5. The third-order valence-corrected chi connectivity index (χ3v) is 4.07. The summed E-state index contributed by atoms with van der Waals surface area (Å²) in [7, 11) is 1.72. The first-order valence-electron chi connectivity index (χ1n) is 6.88. The zero-order valence-corrected chi connectivity index (χ0v) is 13.3. The van der Waals surface area contributed by atoms with E-state index in [-0.39, 0.29) is 11.5 Å². The second kappa shape index (κ2) is 6.24. The number of hydrogen-bond donors (Lipinski definition) is 1. The number of nitrogens with zero attached hydrogens (tertiary/aromatic N) is 2. The molecular formula is C14H22ClN3O2. The average Bonchev–Trinajstić information content (AvgIpc) is 2.89. The van der Waals surface area contributed by atoms with Gasteiger partial charge in [0, 0.05) is 38.2 Å². The van der Waals surface area contributed by atoms with Crippen molar-refractivity contribution in [2.45, 2.75) is 38.7 Å². The first kappa shape index (κ1) is 15.5. The van der Waals surface area contributed by atoms with Crippen molar-refractivity contribution < 1.29 is 9.47 Å². The number of methoxy groups -OCH3 is 1. The summed E-state index contributed by atoms with van der Waals surface area (Å²) in [5, 5.41) is 3.84. The molecule has 0 aromatic carbocycles. The van der Waals surface area contributed by atoms with E-state index in [2.05, 4.69) is 15.3 Å². The molecule has 1 N–H and O–H groups in total. The maximum atomic E-state index is 6.18. The quantitative estimate of drug-likeness (QED) is 0.847. The van der Waals surface area contributed by atoms with Crippen molar-refractivity contribution >= 4 is 17.4 Å². The largest absolute Gasteiger partial charge is 0.378 e. The van der Waals surface area contributed by atoms with Gasteiger partial charge in [0.1, 0.15) is 22.4 Å². The minimum absolute atomic E-state index is 0.236. The van der Waals surface area contributed by atoms with Crippen molar-refractivity contribution in [3.63, 3.8) is 0 Å². The highest BCUT2D eigenvalue weighted by Gasteiger charge is 2.35. The van der Waals surface area contributed by atoms with Crippen LogP contribution in [0.4, 0.5) is 5.82 Å². The van der Waals surface area contributed by atoms with Crippen LogP contribution in [-0.4, -0.2) is 42.4 Å². The average molecular weight is 300 g/mol. The van der Waals surface area contributed by atoms with E-state index in [9.17, 15) is 0 Å². The van der Waals surface area contributed by atoms with Gasteiger partial charge in [0.25, 0.3) is 0 Å². The van der Waals surface area contributed by atoms with Crippen molar-refractivity contribution in [2.24, 2.45) is 0 Å². The lowest BCUT2D eigenvalue weighted by molar-refractivity contribution is -0.00626. The van der Waals surface area contributed by atoms with Crippen molar-refractivity contribution in [2.75, 3.05) is 32.2 Å². The Bertz CT molecular complexity index is 474. The fourth-order valence-corrected chi connectivity index (χ4v) is 2.32. The van der Waals surface area contributed by atoms with Gasteiger partial charge in [-0.15, -0.1) is 0 Å². The van der Waals surface area contributed by atoms with E-state index in [0.717, 1.165) is 30.2 Å². The van der Waals surface area contributed by atoms with Gasteiger partial charge >= 0.3 is 0 Å². The van der Waals surface area contributed by atoms with Gasteiger partial charge < -0.3 is 14.8 Å². The minimum atomic E-state index is -0.276. The number of halogens is 1. The van der Waals surface area contributed by atoms with E-state index in [1.165, 1.54) is 0 Å². The second-order valence-electron chi connectivity index (χ2n) is 5.54. The molecule has 0 amide bonds. The van der Waals surface area contributed by atoms with Crippen molar-refractivity contribution in [1.82, 2.24) is 9.97 Å². The highest BCUT2D eigenvalue weighted by molar-refractivity contribution is 6.30. The third-order valence-electron chi connectivity index (χ3n) is 3.70. The lowest BCUT2D eigenvalue weighted by atomic mass is 10.0. The molecule has 1 aromatic rings. The van der Waals surface area contributed by atoms with Gasteiger partial charge in [0.2, 0.25) is 0 Å². The molecule has 20 heavy (non-hydrogen) atoms. The van der Waals surface area contributed by atoms with Gasteiger partial charge in [0.15, 0.2) is 0 Å². The number of ether oxygens (including phenoxy) is 2. The molecule has 1 unspecified atom stereocenters. The van der Waals surface area contributed by atoms with Crippen LogP contribution in [0, 0.1) is 6.92 Å². The van der Waals surface area contributed by atoms with Gasteiger partial charge in [-0.3, -0.25) is 0 Å². The van der Waals surface area contributed by atoms with Crippen LogP contribution in [-0.2, 0) is 9.47 Å². The zero-order chi connectivity index (χ0) is 14.8. The fraction of sp³-hybridized carbons (Fsp3) is 0.714. The number of anilines is 1. The molecule has 112 valence electrons. The standard InChI is InChI=1S/C14H22ClN3O2/c1-9(2)12-17-11(15)10(3)13(18-12)16-7-14(19-4)5-6-20-8-14/h9H,5-8H2,1-4H3,(H,16,17,18). The molecule has 1 saturated heterocycles. The first-order valence-corrected chi connectivity index (χ1v) is 7.26. The van der Waals surface area contributed by atoms with Crippen molar-refractivity contribution in [3.05, 3.63) is 16.5 Å². The zero-order valence-electron chi connectivity index (χ0n) is 12.5. The number of nitrogens with one attached hydrogen (secondary N) is 1. The lowest BCUT2D eigenvalue weighted by Gasteiger charge is -2.26. The maximum absolute atomic E-state index is 6.18. The van der Waals surface area contributed by atoms with E-state index >= 15 is 0 Å². The smallest absolute Gasteiger partial charge is 0.137 e. The van der Waals surface area contributed by atoms with Crippen LogP contribution < -0.4 is 5.32 Å². The maximum Gasteiger partial charge on any atom is 0.137 e. The minimum Gasteiger partial charge on any atom is -0.378 e. The van der Waals surface area contributed by atoms with Crippen molar-refractivity contribution in [1.29, 1.82) is 0 Å². The Morgan fingerprint density at radius 3 is 2.75 bits per heavy atom. The summed E-state index contributed by atoms with van der Waals surface area (Å²) >= 11 is 6.18. The molecule has 5 nitrogen and oxygen atoms in total. The summed E-state index contributed by atoms with van der Waals surface area (Å²) in [5.74, 6) is 1.76. The van der Waals surface area contributed by atoms with Crippen molar-refractivity contribution in [3.8, 4) is 0 Å². The van der Waals surface area contributed by atoms with E-state index in [1.807, 2.05) is 20.8 Å². The predicted molar refractivity (Wildman–Crippen MR) is 79.5 cm³/mol. The first-order chi connectivity index (χ1) is 9.47. The molecular weight excluding hydrogens is 278 g/mol. The number of hydrogen-bond acceptors (Lipinski definition) is 5. The SMILES string of the molecule is COC1(CNc2nc(C(C)C)nc(Cl)c2C)CCOC1. The van der Waals surface area contributed by atoms with Crippen LogP contribution in [0.5, 0.6) is 0 Å². The Balaban J connectivity index is 2.16. The molecule has 1 aliphatic rings. The monoisotopic (exact) mass is 299 g/mol. The Morgan fingerprint density at radius 2 is 2.20 bits per heavy atom. The fourth-order valence-electron chi connectivity index (χ4n) is 2.14. The van der Waals surface area contributed by atoms with Gasteiger partial charge in [-0.05, 0) is 6.92 Å². The second-order valence-corrected chi connectivity index (χ2v) is 5.90. The Hall–Kier alpha value is -0.910. The summed E-state index contributed by atoms with van der Waals surface area (Å²) in [4.78, 5) is 8.86. The topological polar surface area (TPSA) is 56.3 Å². The Morgan fingerprint density at radius 1 is 1.45 bits per heavy atom. The van der Waals surface area contributed by atoms with Crippen LogP contribution in [0.3, 0.4) is 0 Å². The van der Waals surface area contributed by atoms with E-state index < -0.39 is 0 Å². The summed E-state index contributed by atoms with van der Waals surface area (Å²) < 4.78 is 11.0. The van der Waals surface area contributed by atoms with Crippen LogP contribution in [0.15, 0.2) is 0 Å². The summed E-state index contributed by atoms with van der Waals surface area (Å²) in [6, 6.07) is 0. The van der Waals surface area contributed by atoms with E-state index in [0.29, 0.717) is 18.3 Å². The van der Waals surface area contributed by atoms with Gasteiger partial charge in [-0.1, -0.05) is 25.4 Å². The summed E-state index contributed by atoms with van der Waals surface area (Å²) in [6.45, 7) is 7.99. The van der Waals surface area contributed by atoms with E-state index in [1.54, 1.807) is 7.11 Å². The Labute approximate surface area is 125 Å². The molecule has 1 atom stereocenters. The molecule has 1 aromatic heterocycles. The van der Waals surface area contributed by atoms with E-state index in [4.69, 9.17) is 21.1 Å². The van der Waals surface area contributed by atoms with Crippen LogP contribution in [0.1, 0.15) is 37.6 Å². The molecule has 0 aliphatic carbocycles. The Kier molecular flexibility index (Phi) is 4.83. The molecule has 2 heterocycles. The summed E-state index contributed by atoms with van der Waals surface area (Å²) in [5.41, 5.74) is 0.586. The van der Waals surface area contributed by atoms with Gasteiger partial charge in [-0.2, -0.15) is 0 Å². The molecule has 0 bridgehead atoms. The van der Waals surface area contributed by atoms with Gasteiger partial charge in [0.05, 0.1) is 6.61 Å². The highest BCUT2D eigenvalue weighted by Crippen LogP contribution is 2.26.